The average Bonchev–Trinajstić information content (AvgIpc) is 2.97. The van der Waals surface area contributed by atoms with Crippen LogP contribution in [0, 0.1) is 5.92 Å². The van der Waals surface area contributed by atoms with E-state index in [9.17, 15) is 9.59 Å². The molecule has 0 saturated carbocycles. The third-order valence-electron chi connectivity index (χ3n) is 4.36. The van der Waals surface area contributed by atoms with E-state index in [1.165, 1.54) is 7.11 Å². The Morgan fingerprint density at radius 3 is 2.50 bits per heavy atom. The summed E-state index contributed by atoms with van der Waals surface area (Å²) in [6.45, 7) is 7.03. The van der Waals surface area contributed by atoms with E-state index in [2.05, 4.69) is 0 Å². The first-order valence-corrected chi connectivity index (χ1v) is 8.98. The molecule has 0 radical (unpaired) electrons. The van der Waals surface area contributed by atoms with Gasteiger partial charge in [0.2, 0.25) is 0 Å². The molecule has 0 N–H and O–H groups in total. The molecule has 2 rings (SSSR count). The first-order chi connectivity index (χ1) is 12.3. The van der Waals surface area contributed by atoms with Gasteiger partial charge in [-0.3, -0.25) is 4.79 Å². The van der Waals surface area contributed by atoms with Crippen molar-refractivity contribution < 1.29 is 23.8 Å². The zero-order valence-electron chi connectivity index (χ0n) is 16.1. The monoisotopic (exact) mass is 363 g/mol. The molecule has 26 heavy (non-hydrogen) atoms. The fraction of sp³-hybridized carbons (Fsp3) is 0.600. The fourth-order valence-electron chi connectivity index (χ4n) is 3.09. The number of methoxy groups -OCH3 is 1. The Morgan fingerprint density at radius 1 is 1.19 bits per heavy atom. The second kappa shape index (κ2) is 9.03. The Morgan fingerprint density at radius 2 is 1.88 bits per heavy atom. The number of hydrogen-bond donors (Lipinski definition) is 0. The van der Waals surface area contributed by atoms with Crippen molar-refractivity contribution in [3.63, 3.8) is 0 Å². The molecule has 1 amide bonds. The van der Waals surface area contributed by atoms with E-state index in [0.29, 0.717) is 19.8 Å². The normalized spacial score (nSPS) is 20.1. The standard InChI is InChI=1S/C20H29NO5/c1-20(2,3)26-19(23)21-11-10-16(17(21)12-18(22)24-4)14-25-13-15-8-6-5-7-9-15/h5-9,16-17H,10-14H2,1-4H3/t16-,17-/m1/s1. The molecule has 1 aromatic rings. The van der Waals surface area contributed by atoms with Gasteiger partial charge in [-0.15, -0.1) is 0 Å². The molecule has 1 aromatic carbocycles. The predicted molar refractivity (Wildman–Crippen MR) is 97.6 cm³/mol. The van der Waals surface area contributed by atoms with Gasteiger partial charge in [0.1, 0.15) is 5.60 Å². The van der Waals surface area contributed by atoms with Crippen LogP contribution in [0.25, 0.3) is 0 Å². The highest BCUT2D eigenvalue weighted by molar-refractivity contribution is 5.73. The Hall–Kier alpha value is -2.08. The van der Waals surface area contributed by atoms with E-state index in [4.69, 9.17) is 14.2 Å². The van der Waals surface area contributed by atoms with Crippen LogP contribution in [0.15, 0.2) is 30.3 Å². The van der Waals surface area contributed by atoms with Crippen LogP contribution >= 0.6 is 0 Å². The minimum atomic E-state index is -0.575. The number of rotatable bonds is 6. The number of nitrogens with zero attached hydrogens (tertiary/aromatic N) is 1. The fourth-order valence-corrected chi connectivity index (χ4v) is 3.09. The molecule has 1 fully saturated rings. The number of carbonyl (C=O) groups is 2. The van der Waals surface area contributed by atoms with Crippen LogP contribution in [0.3, 0.4) is 0 Å². The molecule has 1 heterocycles. The molecule has 1 saturated heterocycles. The molecule has 0 bridgehead atoms. The summed E-state index contributed by atoms with van der Waals surface area (Å²) >= 11 is 0. The summed E-state index contributed by atoms with van der Waals surface area (Å²) < 4.78 is 16.1. The minimum Gasteiger partial charge on any atom is -0.469 e. The van der Waals surface area contributed by atoms with Crippen LogP contribution in [0.4, 0.5) is 4.79 Å². The molecule has 2 atom stereocenters. The smallest absolute Gasteiger partial charge is 0.410 e. The number of esters is 1. The number of amides is 1. The lowest BCUT2D eigenvalue weighted by Gasteiger charge is -2.30. The summed E-state index contributed by atoms with van der Waals surface area (Å²) in [6, 6.07) is 9.65. The van der Waals surface area contributed by atoms with E-state index in [1.807, 2.05) is 51.1 Å². The highest BCUT2D eigenvalue weighted by Crippen LogP contribution is 2.29. The van der Waals surface area contributed by atoms with Gasteiger partial charge in [-0.05, 0) is 32.8 Å². The molecule has 1 aliphatic heterocycles. The van der Waals surface area contributed by atoms with E-state index in [-0.39, 0.29) is 24.3 Å². The summed E-state index contributed by atoms with van der Waals surface area (Å²) in [7, 11) is 1.36. The molecule has 1 aliphatic rings. The van der Waals surface area contributed by atoms with Crippen LogP contribution < -0.4 is 0 Å². The average molecular weight is 363 g/mol. The van der Waals surface area contributed by atoms with Gasteiger partial charge in [0.05, 0.1) is 32.8 Å². The van der Waals surface area contributed by atoms with Crippen LogP contribution in [0.1, 0.15) is 39.2 Å². The highest BCUT2D eigenvalue weighted by atomic mass is 16.6. The van der Waals surface area contributed by atoms with Crippen LogP contribution in [-0.2, 0) is 25.6 Å². The maximum atomic E-state index is 12.5. The Bertz CT molecular complexity index is 596. The molecule has 6 nitrogen and oxygen atoms in total. The van der Waals surface area contributed by atoms with Gasteiger partial charge in [0.25, 0.3) is 0 Å². The molecule has 6 heteroatoms. The van der Waals surface area contributed by atoms with E-state index in [0.717, 1.165) is 12.0 Å². The van der Waals surface area contributed by atoms with Crippen LogP contribution in [0.2, 0.25) is 0 Å². The number of likely N-dealkylation sites (tertiary alicyclic amines) is 1. The van der Waals surface area contributed by atoms with Gasteiger partial charge in [-0.1, -0.05) is 30.3 Å². The zero-order chi connectivity index (χ0) is 19.2. The molecule has 0 aromatic heterocycles. The van der Waals surface area contributed by atoms with Gasteiger partial charge in [-0.2, -0.15) is 0 Å². The quantitative estimate of drug-likeness (QED) is 0.725. The van der Waals surface area contributed by atoms with Crippen molar-refractivity contribution in [1.82, 2.24) is 4.90 Å². The van der Waals surface area contributed by atoms with Gasteiger partial charge in [0, 0.05) is 12.5 Å². The maximum absolute atomic E-state index is 12.5. The van der Waals surface area contributed by atoms with Gasteiger partial charge < -0.3 is 19.1 Å². The third-order valence-corrected chi connectivity index (χ3v) is 4.36. The van der Waals surface area contributed by atoms with Crippen molar-refractivity contribution in [2.45, 2.75) is 51.9 Å². The van der Waals surface area contributed by atoms with Crippen molar-refractivity contribution >= 4 is 12.1 Å². The second-order valence-corrected chi connectivity index (χ2v) is 7.57. The summed E-state index contributed by atoms with van der Waals surface area (Å²) in [4.78, 5) is 26.0. The Kier molecular flexibility index (Phi) is 7.03. The first kappa shape index (κ1) is 20.2. The molecular weight excluding hydrogens is 334 g/mol. The van der Waals surface area contributed by atoms with Gasteiger partial charge >= 0.3 is 12.1 Å². The van der Waals surface area contributed by atoms with Crippen molar-refractivity contribution in [3.8, 4) is 0 Å². The first-order valence-electron chi connectivity index (χ1n) is 8.98. The van der Waals surface area contributed by atoms with Crippen molar-refractivity contribution in [3.05, 3.63) is 35.9 Å². The molecule has 144 valence electrons. The van der Waals surface area contributed by atoms with Crippen LogP contribution in [-0.4, -0.2) is 48.9 Å². The van der Waals surface area contributed by atoms with Gasteiger partial charge in [-0.25, -0.2) is 4.79 Å². The molecular formula is C20H29NO5. The highest BCUT2D eigenvalue weighted by Gasteiger charge is 2.40. The predicted octanol–water partition coefficient (Wildman–Crippen LogP) is 3.39. The summed E-state index contributed by atoms with van der Waals surface area (Å²) in [5.41, 5.74) is 0.522. The Balaban J connectivity index is 1.97. The Labute approximate surface area is 155 Å². The number of ether oxygens (including phenoxy) is 3. The second-order valence-electron chi connectivity index (χ2n) is 7.57. The third kappa shape index (κ3) is 6.02. The van der Waals surface area contributed by atoms with Crippen molar-refractivity contribution in [1.29, 1.82) is 0 Å². The zero-order valence-corrected chi connectivity index (χ0v) is 16.1. The lowest BCUT2D eigenvalue weighted by Crippen LogP contribution is -2.43. The lowest BCUT2D eigenvalue weighted by atomic mass is 9.98. The van der Waals surface area contributed by atoms with E-state index >= 15 is 0 Å². The number of benzene rings is 1. The molecule has 0 unspecified atom stereocenters. The molecule has 0 aliphatic carbocycles. The van der Waals surface area contributed by atoms with E-state index < -0.39 is 11.7 Å². The molecule has 0 spiro atoms. The van der Waals surface area contributed by atoms with Crippen LogP contribution in [0.5, 0.6) is 0 Å². The minimum absolute atomic E-state index is 0.0744. The number of carbonyl (C=O) groups excluding carboxylic acids is 2. The topological polar surface area (TPSA) is 65.1 Å². The van der Waals surface area contributed by atoms with Crippen molar-refractivity contribution in [2.24, 2.45) is 5.92 Å². The maximum Gasteiger partial charge on any atom is 0.410 e. The summed E-state index contributed by atoms with van der Waals surface area (Å²) in [6.07, 6.45) is 0.530. The summed E-state index contributed by atoms with van der Waals surface area (Å²) in [5, 5.41) is 0. The van der Waals surface area contributed by atoms with Gasteiger partial charge in [0.15, 0.2) is 0 Å². The SMILES string of the molecule is COC(=O)C[C@@H]1[C@@H](COCc2ccccc2)CCN1C(=O)OC(C)(C)C. The lowest BCUT2D eigenvalue weighted by molar-refractivity contribution is -0.142. The summed E-state index contributed by atoms with van der Waals surface area (Å²) in [5.74, 6) is -0.260. The largest absolute Gasteiger partial charge is 0.469 e. The van der Waals surface area contributed by atoms with E-state index in [1.54, 1.807) is 4.90 Å². The number of hydrogen-bond acceptors (Lipinski definition) is 5. The van der Waals surface area contributed by atoms with Crippen molar-refractivity contribution in [2.75, 3.05) is 20.3 Å².